The lowest BCUT2D eigenvalue weighted by atomic mass is 10.1. The van der Waals surface area contributed by atoms with Gasteiger partial charge in [-0.25, -0.2) is 4.98 Å². The van der Waals surface area contributed by atoms with Crippen molar-refractivity contribution in [3.63, 3.8) is 0 Å². The van der Waals surface area contributed by atoms with Crippen LogP contribution in [0, 0.1) is 13.8 Å². The Bertz CT molecular complexity index is 1260. The summed E-state index contributed by atoms with van der Waals surface area (Å²) < 4.78 is 11.0. The molecule has 150 valence electrons. The Morgan fingerprint density at radius 3 is 2.73 bits per heavy atom. The van der Waals surface area contributed by atoms with Crippen LogP contribution >= 0.6 is 12.2 Å². The van der Waals surface area contributed by atoms with E-state index < -0.39 is 0 Å². The summed E-state index contributed by atoms with van der Waals surface area (Å²) in [6, 6.07) is 15.0. The summed E-state index contributed by atoms with van der Waals surface area (Å²) in [7, 11) is 0. The molecule has 0 bridgehead atoms. The van der Waals surface area contributed by atoms with Gasteiger partial charge in [0, 0.05) is 17.3 Å². The second-order valence-electron chi connectivity index (χ2n) is 6.79. The standard InChI is InChI=1S/C23H19N3O3S/c1-14-5-6-16(12-15(14)2)22-25-19-13-17(7-9-20(19)29-22)24-23(30)26-21(27)10-8-18-4-3-11-28-18/h3-13H,1-2H3,(H2,24,26,27,30)/b10-8+. The van der Waals surface area contributed by atoms with Gasteiger partial charge in [0.1, 0.15) is 11.3 Å². The molecular formula is C23H19N3O3S. The monoisotopic (exact) mass is 417 g/mol. The fraction of sp³-hybridized carbons (Fsp3) is 0.0870. The Balaban J connectivity index is 1.45. The largest absolute Gasteiger partial charge is 0.465 e. The van der Waals surface area contributed by atoms with Crippen LogP contribution in [0.5, 0.6) is 0 Å². The molecule has 2 aromatic carbocycles. The van der Waals surface area contributed by atoms with Crippen LogP contribution in [0.3, 0.4) is 0 Å². The van der Waals surface area contributed by atoms with Crippen molar-refractivity contribution in [2.45, 2.75) is 13.8 Å². The van der Waals surface area contributed by atoms with E-state index in [-0.39, 0.29) is 11.0 Å². The van der Waals surface area contributed by atoms with Crippen molar-refractivity contribution in [1.29, 1.82) is 0 Å². The van der Waals surface area contributed by atoms with Gasteiger partial charge < -0.3 is 14.2 Å². The van der Waals surface area contributed by atoms with Crippen LogP contribution in [0.4, 0.5) is 5.69 Å². The molecule has 30 heavy (non-hydrogen) atoms. The SMILES string of the molecule is Cc1ccc(-c2nc3cc(NC(=S)NC(=O)/C=C/c4ccco4)ccc3o2)cc1C. The van der Waals surface area contributed by atoms with Crippen molar-refractivity contribution < 1.29 is 13.6 Å². The van der Waals surface area contributed by atoms with Crippen LogP contribution in [0.15, 0.2) is 69.7 Å². The number of aryl methyl sites for hydroxylation is 2. The summed E-state index contributed by atoms with van der Waals surface area (Å²) in [4.78, 5) is 16.6. The lowest BCUT2D eigenvalue weighted by molar-refractivity contribution is -0.115. The van der Waals surface area contributed by atoms with Gasteiger partial charge in [-0.2, -0.15) is 0 Å². The maximum atomic E-state index is 12.0. The molecule has 0 radical (unpaired) electrons. The number of carbonyl (C=O) groups excluding carboxylic acids is 1. The quantitative estimate of drug-likeness (QED) is 0.350. The van der Waals surface area contributed by atoms with Crippen molar-refractivity contribution in [2.24, 2.45) is 0 Å². The van der Waals surface area contributed by atoms with Crippen molar-refractivity contribution in [3.05, 3.63) is 77.8 Å². The van der Waals surface area contributed by atoms with Crippen LogP contribution in [-0.4, -0.2) is 16.0 Å². The van der Waals surface area contributed by atoms with E-state index in [1.54, 1.807) is 18.2 Å². The molecule has 0 unspecified atom stereocenters. The van der Waals surface area contributed by atoms with Gasteiger partial charge >= 0.3 is 0 Å². The van der Waals surface area contributed by atoms with E-state index in [1.165, 1.54) is 23.5 Å². The first kappa shape index (κ1) is 19.6. The Kier molecular flexibility index (Phi) is 5.45. The van der Waals surface area contributed by atoms with Crippen LogP contribution in [0.1, 0.15) is 16.9 Å². The molecule has 0 aliphatic rings. The minimum atomic E-state index is -0.358. The van der Waals surface area contributed by atoms with Gasteiger partial charge in [-0.15, -0.1) is 0 Å². The number of nitrogens with one attached hydrogen (secondary N) is 2. The maximum Gasteiger partial charge on any atom is 0.250 e. The first-order valence-electron chi connectivity index (χ1n) is 9.30. The van der Waals surface area contributed by atoms with E-state index in [0.717, 1.165) is 5.56 Å². The highest BCUT2D eigenvalue weighted by molar-refractivity contribution is 7.80. The Labute approximate surface area is 178 Å². The average molecular weight is 417 g/mol. The second-order valence-corrected chi connectivity index (χ2v) is 7.20. The number of furan rings is 1. The number of oxazole rings is 1. The minimum absolute atomic E-state index is 0.182. The van der Waals surface area contributed by atoms with Gasteiger partial charge in [0.05, 0.1) is 6.26 Å². The minimum Gasteiger partial charge on any atom is -0.465 e. The fourth-order valence-electron chi connectivity index (χ4n) is 2.86. The number of carbonyl (C=O) groups is 1. The third-order valence-electron chi connectivity index (χ3n) is 4.58. The van der Waals surface area contributed by atoms with Gasteiger partial charge in [0.25, 0.3) is 0 Å². The number of hydrogen-bond acceptors (Lipinski definition) is 5. The third-order valence-corrected chi connectivity index (χ3v) is 4.78. The molecular weight excluding hydrogens is 398 g/mol. The molecule has 0 fully saturated rings. The number of hydrogen-bond donors (Lipinski definition) is 2. The predicted octanol–water partition coefficient (Wildman–Crippen LogP) is 5.23. The highest BCUT2D eigenvalue weighted by atomic mass is 32.1. The Morgan fingerprint density at radius 1 is 1.10 bits per heavy atom. The highest BCUT2D eigenvalue weighted by Crippen LogP contribution is 2.27. The zero-order valence-electron chi connectivity index (χ0n) is 16.4. The number of nitrogens with zero attached hydrogens (tertiary/aromatic N) is 1. The number of amides is 1. The van der Waals surface area contributed by atoms with Crippen LogP contribution in [-0.2, 0) is 4.79 Å². The normalized spacial score (nSPS) is 11.1. The first-order valence-corrected chi connectivity index (χ1v) is 9.70. The van der Waals surface area contributed by atoms with E-state index in [1.807, 2.05) is 30.3 Å². The molecule has 0 aliphatic heterocycles. The highest BCUT2D eigenvalue weighted by Gasteiger charge is 2.10. The average Bonchev–Trinajstić information content (AvgIpc) is 3.37. The smallest absolute Gasteiger partial charge is 0.250 e. The summed E-state index contributed by atoms with van der Waals surface area (Å²) in [5, 5.41) is 5.76. The number of anilines is 1. The zero-order chi connectivity index (χ0) is 21.1. The van der Waals surface area contributed by atoms with E-state index in [4.69, 9.17) is 21.1 Å². The molecule has 0 atom stereocenters. The number of aromatic nitrogens is 1. The predicted molar refractivity (Wildman–Crippen MR) is 121 cm³/mol. The van der Waals surface area contributed by atoms with Crippen molar-refractivity contribution in [1.82, 2.24) is 10.3 Å². The molecule has 1 amide bonds. The molecule has 2 heterocycles. The van der Waals surface area contributed by atoms with Crippen LogP contribution < -0.4 is 10.6 Å². The zero-order valence-corrected chi connectivity index (χ0v) is 17.2. The number of fused-ring (bicyclic) bond motifs is 1. The van der Waals surface area contributed by atoms with E-state index in [0.29, 0.717) is 28.4 Å². The molecule has 4 rings (SSSR count). The van der Waals surface area contributed by atoms with E-state index in [2.05, 4.69) is 35.5 Å². The van der Waals surface area contributed by atoms with E-state index >= 15 is 0 Å². The first-order chi connectivity index (χ1) is 14.5. The van der Waals surface area contributed by atoms with Gasteiger partial charge in [-0.05, 0) is 85.7 Å². The van der Waals surface area contributed by atoms with Gasteiger partial charge in [-0.1, -0.05) is 6.07 Å². The molecule has 0 aliphatic carbocycles. The van der Waals surface area contributed by atoms with Crippen molar-refractivity contribution in [3.8, 4) is 11.5 Å². The number of rotatable bonds is 4. The van der Waals surface area contributed by atoms with Gasteiger partial charge in [0.2, 0.25) is 11.8 Å². The summed E-state index contributed by atoms with van der Waals surface area (Å²) in [5.41, 5.74) is 5.39. The van der Waals surface area contributed by atoms with Crippen molar-refractivity contribution >= 4 is 46.1 Å². The molecule has 2 N–H and O–H groups in total. The molecule has 6 nitrogen and oxygen atoms in total. The topological polar surface area (TPSA) is 80.3 Å². The Hall–Kier alpha value is -3.71. The molecule has 4 aromatic rings. The van der Waals surface area contributed by atoms with Crippen molar-refractivity contribution in [2.75, 3.05) is 5.32 Å². The number of thiocarbonyl (C=S) groups is 1. The van der Waals surface area contributed by atoms with Gasteiger partial charge in [0.15, 0.2) is 10.7 Å². The second kappa shape index (κ2) is 8.34. The maximum absolute atomic E-state index is 12.0. The number of benzene rings is 2. The van der Waals surface area contributed by atoms with E-state index in [9.17, 15) is 4.79 Å². The summed E-state index contributed by atoms with van der Waals surface area (Å²) in [6.07, 6.45) is 4.45. The summed E-state index contributed by atoms with van der Waals surface area (Å²) in [5.74, 6) is 0.785. The van der Waals surface area contributed by atoms with Crippen LogP contribution in [0.25, 0.3) is 28.6 Å². The third kappa shape index (κ3) is 4.47. The summed E-state index contributed by atoms with van der Waals surface area (Å²) in [6.45, 7) is 4.13. The molecule has 2 aromatic heterocycles. The lowest BCUT2D eigenvalue weighted by Gasteiger charge is -2.07. The molecule has 0 saturated heterocycles. The fourth-order valence-corrected chi connectivity index (χ4v) is 3.08. The lowest BCUT2D eigenvalue weighted by Crippen LogP contribution is -2.32. The Morgan fingerprint density at radius 2 is 1.97 bits per heavy atom. The molecule has 7 heteroatoms. The van der Waals surface area contributed by atoms with Crippen LogP contribution in [0.2, 0.25) is 0 Å². The molecule has 0 spiro atoms. The summed E-state index contributed by atoms with van der Waals surface area (Å²) >= 11 is 5.21. The van der Waals surface area contributed by atoms with Gasteiger partial charge in [-0.3, -0.25) is 10.1 Å². The molecule has 0 saturated carbocycles.